The van der Waals surface area contributed by atoms with Crippen LogP contribution >= 0.6 is 0 Å². The van der Waals surface area contributed by atoms with Crippen LogP contribution in [0.2, 0.25) is 0 Å². The van der Waals surface area contributed by atoms with E-state index in [9.17, 15) is 14.0 Å². The summed E-state index contributed by atoms with van der Waals surface area (Å²) in [6.45, 7) is 3.95. The van der Waals surface area contributed by atoms with Crippen molar-refractivity contribution in [3.8, 4) is 5.75 Å². The van der Waals surface area contributed by atoms with Crippen LogP contribution in [0.1, 0.15) is 34.3 Å². The first-order valence-electron chi connectivity index (χ1n) is 12.3. The molecular weight excluding hydrogens is 457 g/mol. The Morgan fingerprint density at radius 1 is 0.972 bits per heavy atom. The summed E-state index contributed by atoms with van der Waals surface area (Å²) in [5.74, 6) is -0.00917. The number of hydrogen-bond donors (Lipinski definition) is 1. The lowest BCUT2D eigenvalue weighted by Gasteiger charge is -2.24. The maximum absolute atomic E-state index is 13.6. The number of carbonyl (C=O) groups excluding carboxylic acids is 2. The van der Waals surface area contributed by atoms with Gasteiger partial charge in [0.05, 0.1) is 20.1 Å². The van der Waals surface area contributed by atoms with E-state index in [1.165, 1.54) is 25.0 Å². The summed E-state index contributed by atoms with van der Waals surface area (Å²) in [4.78, 5) is 30.1. The fraction of sp³-hybridized carbons (Fsp3) is 0.310. The molecule has 1 N–H and O–H groups in total. The SMILES string of the molecule is COc1cccc(C(=O)N(Cc2ccc(F)cc2)c2cccc(CC(=O)NCCN3CCCC3)c2)c1. The Balaban J connectivity index is 1.51. The van der Waals surface area contributed by atoms with Gasteiger partial charge in [0.1, 0.15) is 11.6 Å². The number of benzene rings is 3. The Labute approximate surface area is 211 Å². The zero-order valence-electron chi connectivity index (χ0n) is 20.6. The smallest absolute Gasteiger partial charge is 0.258 e. The van der Waals surface area contributed by atoms with Crippen LogP contribution in [0.15, 0.2) is 72.8 Å². The molecule has 3 aromatic rings. The molecular formula is C29H32FN3O3. The maximum Gasteiger partial charge on any atom is 0.258 e. The van der Waals surface area contributed by atoms with E-state index in [-0.39, 0.29) is 30.6 Å². The van der Waals surface area contributed by atoms with E-state index in [1.807, 2.05) is 24.3 Å². The molecule has 1 aliphatic rings. The van der Waals surface area contributed by atoms with Crippen LogP contribution in [0.4, 0.5) is 10.1 Å². The fourth-order valence-corrected chi connectivity index (χ4v) is 4.41. The molecule has 3 aromatic carbocycles. The zero-order valence-corrected chi connectivity index (χ0v) is 20.6. The average molecular weight is 490 g/mol. The topological polar surface area (TPSA) is 61.9 Å². The Hall–Kier alpha value is -3.71. The third kappa shape index (κ3) is 6.92. The van der Waals surface area contributed by atoms with Crippen molar-refractivity contribution >= 4 is 17.5 Å². The molecule has 0 radical (unpaired) electrons. The summed E-state index contributed by atoms with van der Waals surface area (Å²) < 4.78 is 18.8. The second-order valence-electron chi connectivity index (χ2n) is 9.00. The Morgan fingerprint density at radius 2 is 1.72 bits per heavy atom. The van der Waals surface area contributed by atoms with E-state index in [2.05, 4.69) is 10.2 Å². The highest BCUT2D eigenvalue weighted by Crippen LogP contribution is 2.24. The van der Waals surface area contributed by atoms with Crippen molar-refractivity contribution in [2.45, 2.75) is 25.8 Å². The van der Waals surface area contributed by atoms with Crippen molar-refractivity contribution in [2.24, 2.45) is 0 Å². The van der Waals surface area contributed by atoms with Crippen LogP contribution in [0.5, 0.6) is 5.75 Å². The van der Waals surface area contributed by atoms with Crippen LogP contribution < -0.4 is 15.0 Å². The molecule has 6 nitrogen and oxygen atoms in total. The largest absolute Gasteiger partial charge is 0.497 e. The van der Waals surface area contributed by atoms with Gasteiger partial charge in [0.25, 0.3) is 5.91 Å². The number of anilines is 1. The summed E-state index contributed by atoms with van der Waals surface area (Å²) in [7, 11) is 1.56. The lowest BCUT2D eigenvalue weighted by Crippen LogP contribution is -2.34. The maximum atomic E-state index is 13.6. The molecule has 1 saturated heterocycles. The highest BCUT2D eigenvalue weighted by Gasteiger charge is 2.20. The number of hydrogen-bond acceptors (Lipinski definition) is 4. The minimum Gasteiger partial charge on any atom is -0.497 e. The highest BCUT2D eigenvalue weighted by atomic mass is 19.1. The van der Waals surface area contributed by atoms with Gasteiger partial charge >= 0.3 is 0 Å². The Kier molecular flexibility index (Phi) is 8.68. The number of halogens is 1. The number of carbonyl (C=O) groups is 2. The average Bonchev–Trinajstić information content (AvgIpc) is 3.42. The predicted molar refractivity (Wildman–Crippen MR) is 139 cm³/mol. The van der Waals surface area contributed by atoms with E-state index in [0.29, 0.717) is 23.5 Å². The van der Waals surface area contributed by atoms with Gasteiger partial charge in [0.2, 0.25) is 5.91 Å². The molecule has 1 fully saturated rings. The quantitative estimate of drug-likeness (QED) is 0.458. The Morgan fingerprint density at radius 3 is 2.47 bits per heavy atom. The lowest BCUT2D eigenvalue weighted by atomic mass is 10.1. The summed E-state index contributed by atoms with van der Waals surface area (Å²) in [5.41, 5.74) is 2.74. The van der Waals surface area contributed by atoms with Gasteiger partial charge in [0.15, 0.2) is 0 Å². The molecule has 188 valence electrons. The minimum absolute atomic E-state index is 0.0458. The summed E-state index contributed by atoms with van der Waals surface area (Å²) in [6.07, 6.45) is 2.68. The van der Waals surface area contributed by atoms with Crippen LogP contribution in [0, 0.1) is 5.82 Å². The van der Waals surface area contributed by atoms with Gasteiger partial charge < -0.3 is 19.9 Å². The molecule has 0 unspecified atom stereocenters. The number of rotatable bonds is 10. The van der Waals surface area contributed by atoms with Gasteiger partial charge in [-0.1, -0.05) is 30.3 Å². The normalized spacial score (nSPS) is 13.4. The van der Waals surface area contributed by atoms with Gasteiger partial charge in [0, 0.05) is 24.3 Å². The molecule has 0 aliphatic carbocycles. The third-order valence-corrected chi connectivity index (χ3v) is 6.35. The van der Waals surface area contributed by atoms with Crippen LogP contribution in [-0.2, 0) is 17.8 Å². The monoisotopic (exact) mass is 489 g/mol. The summed E-state index contributed by atoms with van der Waals surface area (Å²) in [6, 6.07) is 20.5. The first-order valence-corrected chi connectivity index (χ1v) is 12.3. The summed E-state index contributed by atoms with van der Waals surface area (Å²) in [5, 5.41) is 3.00. The van der Waals surface area contributed by atoms with Gasteiger partial charge in [-0.2, -0.15) is 0 Å². The number of amides is 2. The predicted octanol–water partition coefficient (Wildman–Crippen LogP) is 4.44. The van der Waals surface area contributed by atoms with Gasteiger partial charge in [-0.05, 0) is 79.5 Å². The van der Waals surface area contributed by atoms with Crippen molar-refractivity contribution in [3.63, 3.8) is 0 Å². The number of nitrogens with zero attached hydrogens (tertiary/aromatic N) is 2. The number of methoxy groups -OCH3 is 1. The minimum atomic E-state index is -0.331. The van der Waals surface area contributed by atoms with Crippen molar-refractivity contribution in [1.29, 1.82) is 0 Å². The molecule has 0 aromatic heterocycles. The molecule has 1 heterocycles. The zero-order chi connectivity index (χ0) is 25.3. The molecule has 7 heteroatoms. The second kappa shape index (κ2) is 12.3. The van der Waals surface area contributed by atoms with Crippen molar-refractivity contribution < 1.29 is 18.7 Å². The first-order chi connectivity index (χ1) is 17.5. The molecule has 0 bridgehead atoms. The number of likely N-dealkylation sites (tertiary alicyclic amines) is 1. The molecule has 0 saturated carbocycles. The molecule has 36 heavy (non-hydrogen) atoms. The third-order valence-electron chi connectivity index (χ3n) is 6.35. The van der Waals surface area contributed by atoms with Crippen molar-refractivity contribution in [1.82, 2.24) is 10.2 Å². The number of nitrogens with one attached hydrogen (secondary N) is 1. The van der Waals surface area contributed by atoms with E-state index >= 15 is 0 Å². The molecule has 4 rings (SSSR count). The van der Waals surface area contributed by atoms with Gasteiger partial charge in [-0.25, -0.2) is 4.39 Å². The van der Waals surface area contributed by atoms with Gasteiger partial charge in [-0.15, -0.1) is 0 Å². The van der Waals surface area contributed by atoms with Crippen molar-refractivity contribution in [3.05, 3.63) is 95.3 Å². The Bertz CT molecular complexity index is 1180. The van der Waals surface area contributed by atoms with E-state index in [4.69, 9.17) is 4.74 Å². The molecule has 0 atom stereocenters. The van der Waals surface area contributed by atoms with Crippen LogP contribution in [-0.4, -0.2) is 50.0 Å². The number of ether oxygens (including phenoxy) is 1. The molecule has 0 spiro atoms. The van der Waals surface area contributed by atoms with Crippen LogP contribution in [0.3, 0.4) is 0 Å². The van der Waals surface area contributed by atoms with Crippen LogP contribution in [0.25, 0.3) is 0 Å². The van der Waals surface area contributed by atoms with E-state index in [0.717, 1.165) is 30.8 Å². The van der Waals surface area contributed by atoms with Crippen molar-refractivity contribution in [2.75, 3.05) is 38.2 Å². The molecule has 2 amide bonds. The second-order valence-corrected chi connectivity index (χ2v) is 9.00. The lowest BCUT2D eigenvalue weighted by molar-refractivity contribution is -0.120. The summed E-state index contributed by atoms with van der Waals surface area (Å²) >= 11 is 0. The first kappa shape index (κ1) is 25.4. The van der Waals surface area contributed by atoms with E-state index in [1.54, 1.807) is 48.4 Å². The standard InChI is InChI=1S/C29H32FN3O3/c1-36-27-9-5-7-24(20-27)29(35)33(21-22-10-12-25(30)13-11-22)26-8-4-6-23(18-26)19-28(34)31-14-17-32-15-2-3-16-32/h4-13,18,20H,2-3,14-17,19,21H2,1H3,(H,31,34). The fourth-order valence-electron chi connectivity index (χ4n) is 4.41. The van der Waals surface area contributed by atoms with E-state index < -0.39 is 0 Å². The highest BCUT2D eigenvalue weighted by molar-refractivity contribution is 6.06. The van der Waals surface area contributed by atoms with Gasteiger partial charge in [-0.3, -0.25) is 9.59 Å². The molecule has 1 aliphatic heterocycles.